The summed E-state index contributed by atoms with van der Waals surface area (Å²) in [5.41, 5.74) is 5.49. The summed E-state index contributed by atoms with van der Waals surface area (Å²) in [5.74, 6) is -0.212. The first kappa shape index (κ1) is 25.0. The van der Waals surface area contributed by atoms with E-state index in [2.05, 4.69) is 17.1 Å². The number of aryl methyl sites for hydroxylation is 2. The number of carbonyl (C=O) groups is 1. The molecule has 0 saturated heterocycles. The maximum Gasteiger partial charge on any atom is 0.267 e. The fourth-order valence-corrected chi connectivity index (χ4v) is 6.57. The van der Waals surface area contributed by atoms with E-state index < -0.39 is 0 Å². The van der Waals surface area contributed by atoms with Crippen LogP contribution >= 0.6 is 23.1 Å². The number of amides is 1. The normalized spacial score (nSPS) is 13.1. The maximum atomic E-state index is 13.7. The summed E-state index contributed by atoms with van der Waals surface area (Å²) >= 11 is 2.79. The predicted octanol–water partition coefficient (Wildman–Crippen LogP) is 5.00. The summed E-state index contributed by atoms with van der Waals surface area (Å²) in [5, 5.41) is 15.5. The van der Waals surface area contributed by atoms with E-state index in [9.17, 15) is 14.7 Å². The van der Waals surface area contributed by atoms with Crippen LogP contribution < -0.4 is 11.0 Å². The van der Waals surface area contributed by atoms with E-state index in [1.54, 1.807) is 28.0 Å². The van der Waals surface area contributed by atoms with Crippen LogP contribution in [0.15, 0.2) is 76.2 Å². The van der Waals surface area contributed by atoms with Crippen LogP contribution in [0, 0.1) is 0 Å². The largest absolute Gasteiger partial charge is 0.507 e. The number of thioether (sulfide) groups is 1. The number of nitrogens with zero attached hydrogens (tertiary/aromatic N) is 3. The molecule has 1 aliphatic rings. The minimum absolute atomic E-state index is 0.0235. The van der Waals surface area contributed by atoms with Crippen LogP contribution in [-0.4, -0.2) is 32.5 Å². The van der Waals surface area contributed by atoms with Crippen LogP contribution in [0.1, 0.15) is 34.4 Å². The van der Waals surface area contributed by atoms with Crippen molar-refractivity contribution < 1.29 is 9.90 Å². The maximum absolute atomic E-state index is 13.7. The molecule has 0 spiro atoms. The number of hydrazone groups is 1. The van der Waals surface area contributed by atoms with Crippen molar-refractivity contribution in [3.05, 3.63) is 93.1 Å². The van der Waals surface area contributed by atoms with Gasteiger partial charge in [-0.3, -0.25) is 14.2 Å². The second-order valence-electron chi connectivity index (χ2n) is 8.69. The van der Waals surface area contributed by atoms with Gasteiger partial charge in [-0.15, -0.1) is 17.9 Å². The molecule has 0 radical (unpaired) electrons. The summed E-state index contributed by atoms with van der Waals surface area (Å²) in [7, 11) is 0. The minimum atomic E-state index is -0.345. The topological polar surface area (TPSA) is 96.6 Å². The molecule has 4 aromatic rings. The van der Waals surface area contributed by atoms with Gasteiger partial charge in [0.25, 0.3) is 11.5 Å². The molecule has 2 aromatic carbocycles. The molecular weight excluding hydrogens is 504 g/mol. The van der Waals surface area contributed by atoms with E-state index in [4.69, 9.17) is 4.98 Å². The monoisotopic (exact) mass is 530 g/mol. The highest BCUT2D eigenvalue weighted by molar-refractivity contribution is 7.99. The van der Waals surface area contributed by atoms with Gasteiger partial charge >= 0.3 is 0 Å². The van der Waals surface area contributed by atoms with Crippen molar-refractivity contribution in [3.8, 4) is 11.4 Å². The SMILES string of the molecule is C=CCc1cccc(C=NNC(=O)CSc2nc3sc4c(c3c(=O)n2-c2ccccc2)CCCC4)c1O. The van der Waals surface area contributed by atoms with Gasteiger partial charge in [0.2, 0.25) is 0 Å². The average Bonchev–Trinajstić information content (AvgIpc) is 3.29. The van der Waals surface area contributed by atoms with E-state index in [0.717, 1.165) is 41.6 Å². The van der Waals surface area contributed by atoms with Crippen molar-refractivity contribution in [1.82, 2.24) is 15.0 Å². The number of fused-ring (bicyclic) bond motifs is 3. The number of hydrogen-bond donors (Lipinski definition) is 2. The summed E-state index contributed by atoms with van der Waals surface area (Å²) in [6.07, 6.45) is 7.74. The number of nitrogens with one attached hydrogen (secondary N) is 1. The minimum Gasteiger partial charge on any atom is -0.507 e. The summed E-state index contributed by atoms with van der Waals surface area (Å²) in [6, 6.07) is 14.7. The van der Waals surface area contributed by atoms with Crippen molar-refractivity contribution in [2.24, 2.45) is 5.10 Å². The Balaban J connectivity index is 1.38. The lowest BCUT2D eigenvalue weighted by molar-refractivity contribution is -0.118. The van der Waals surface area contributed by atoms with E-state index in [1.165, 1.54) is 22.9 Å². The first-order chi connectivity index (χ1) is 18.1. The summed E-state index contributed by atoms with van der Waals surface area (Å²) < 4.78 is 1.61. The predicted molar refractivity (Wildman–Crippen MR) is 150 cm³/mol. The van der Waals surface area contributed by atoms with Gasteiger partial charge in [-0.05, 0) is 61.4 Å². The molecule has 0 unspecified atom stereocenters. The fraction of sp³-hybridized carbons (Fsp3) is 0.214. The zero-order valence-corrected chi connectivity index (χ0v) is 21.8. The Hall–Kier alpha value is -3.69. The van der Waals surface area contributed by atoms with Gasteiger partial charge in [0.15, 0.2) is 5.16 Å². The number of rotatable bonds is 8. The third kappa shape index (κ3) is 5.23. The van der Waals surface area contributed by atoms with Gasteiger partial charge in [0.1, 0.15) is 10.6 Å². The highest BCUT2D eigenvalue weighted by atomic mass is 32.2. The van der Waals surface area contributed by atoms with Crippen molar-refractivity contribution in [2.45, 2.75) is 37.3 Å². The molecule has 0 aliphatic heterocycles. The Labute approximate surface area is 222 Å². The van der Waals surface area contributed by atoms with Gasteiger partial charge < -0.3 is 5.11 Å². The van der Waals surface area contributed by atoms with Gasteiger partial charge in [-0.25, -0.2) is 10.4 Å². The quantitative estimate of drug-likeness (QED) is 0.110. The molecule has 37 heavy (non-hydrogen) atoms. The number of benzene rings is 2. The van der Waals surface area contributed by atoms with Crippen LogP contribution in [0.3, 0.4) is 0 Å². The van der Waals surface area contributed by atoms with Crippen LogP contribution in [-0.2, 0) is 24.1 Å². The third-order valence-electron chi connectivity index (χ3n) is 6.21. The molecule has 0 fully saturated rings. The number of allylic oxidation sites excluding steroid dienone is 1. The molecule has 1 aliphatic carbocycles. The number of aromatic nitrogens is 2. The standard InChI is InChI=1S/C28H26N4O3S2/c1-2-9-18-10-8-11-19(25(18)34)16-29-31-23(33)17-36-28-30-26-24(21-14-6-7-15-22(21)37-26)27(35)32(28)20-12-4-3-5-13-20/h2-5,8,10-13,16,34H,1,6-7,9,14-15,17H2,(H,31,33). The van der Waals surface area contributed by atoms with E-state index in [-0.39, 0.29) is 23.0 Å². The lowest BCUT2D eigenvalue weighted by Crippen LogP contribution is -2.24. The Morgan fingerprint density at radius 2 is 2.00 bits per heavy atom. The van der Waals surface area contributed by atoms with Gasteiger partial charge in [-0.1, -0.05) is 48.2 Å². The molecule has 5 rings (SSSR count). The lowest BCUT2D eigenvalue weighted by atomic mass is 9.97. The number of phenolic OH excluding ortho intramolecular Hbond substituents is 1. The molecule has 2 aromatic heterocycles. The number of hydrogen-bond acceptors (Lipinski definition) is 7. The Morgan fingerprint density at radius 1 is 1.19 bits per heavy atom. The Bertz CT molecular complexity index is 1560. The Kier molecular flexibility index (Phi) is 7.52. The number of phenols is 1. The second kappa shape index (κ2) is 11.1. The lowest BCUT2D eigenvalue weighted by Gasteiger charge is -2.13. The van der Waals surface area contributed by atoms with E-state index >= 15 is 0 Å². The van der Waals surface area contributed by atoms with Crippen LogP contribution in [0.5, 0.6) is 5.75 Å². The number of para-hydroxylation sites is 2. The Morgan fingerprint density at radius 3 is 2.81 bits per heavy atom. The number of thiophene rings is 1. The molecule has 2 N–H and O–H groups in total. The molecule has 7 nitrogen and oxygen atoms in total. The third-order valence-corrected chi connectivity index (χ3v) is 8.34. The first-order valence-electron chi connectivity index (χ1n) is 12.1. The van der Waals surface area contributed by atoms with Crippen molar-refractivity contribution in [1.29, 1.82) is 0 Å². The molecular formula is C28H26N4O3S2. The second-order valence-corrected chi connectivity index (χ2v) is 10.7. The highest BCUT2D eigenvalue weighted by Crippen LogP contribution is 2.35. The van der Waals surface area contributed by atoms with Crippen molar-refractivity contribution >= 4 is 45.4 Å². The summed E-state index contributed by atoms with van der Waals surface area (Å²) in [6.45, 7) is 3.69. The number of carbonyl (C=O) groups excluding carboxylic acids is 1. The molecule has 0 saturated carbocycles. The summed E-state index contributed by atoms with van der Waals surface area (Å²) in [4.78, 5) is 33.1. The van der Waals surface area contributed by atoms with Crippen LogP contribution in [0.4, 0.5) is 0 Å². The fourth-order valence-electron chi connectivity index (χ4n) is 4.46. The highest BCUT2D eigenvalue weighted by Gasteiger charge is 2.23. The van der Waals surface area contributed by atoms with Crippen molar-refractivity contribution in [2.75, 3.05) is 5.75 Å². The zero-order chi connectivity index (χ0) is 25.8. The molecule has 2 heterocycles. The molecule has 188 valence electrons. The van der Waals surface area contributed by atoms with Gasteiger partial charge in [0.05, 0.1) is 23.0 Å². The zero-order valence-electron chi connectivity index (χ0n) is 20.1. The molecule has 1 amide bonds. The average molecular weight is 531 g/mol. The molecule has 9 heteroatoms. The van der Waals surface area contributed by atoms with E-state index in [1.807, 2.05) is 42.5 Å². The molecule has 0 atom stereocenters. The van der Waals surface area contributed by atoms with E-state index in [0.29, 0.717) is 28.2 Å². The van der Waals surface area contributed by atoms with Gasteiger partial charge in [0, 0.05) is 10.4 Å². The molecule has 0 bridgehead atoms. The van der Waals surface area contributed by atoms with Crippen molar-refractivity contribution in [3.63, 3.8) is 0 Å². The van der Waals surface area contributed by atoms with Gasteiger partial charge in [-0.2, -0.15) is 5.10 Å². The first-order valence-corrected chi connectivity index (χ1v) is 13.9. The van der Waals surface area contributed by atoms with Crippen LogP contribution in [0.2, 0.25) is 0 Å². The number of aromatic hydroxyl groups is 1. The smallest absolute Gasteiger partial charge is 0.267 e. The van der Waals surface area contributed by atoms with Crippen LogP contribution in [0.25, 0.3) is 15.9 Å².